The number of hydrogen-bond acceptors (Lipinski definition) is 6. The maximum Gasteiger partial charge on any atom is 0.146 e. The van der Waals surface area contributed by atoms with Gasteiger partial charge in [-0.2, -0.15) is 15.5 Å². The number of hydrazone groups is 1. The van der Waals surface area contributed by atoms with E-state index in [1.54, 1.807) is 17.4 Å². The largest absolute Gasteiger partial charge is 0.372 e. The number of nitriles is 1. The third-order valence-electron chi connectivity index (χ3n) is 8.22. The Morgan fingerprint density at radius 2 is 2.06 bits per heavy atom. The van der Waals surface area contributed by atoms with Crippen LogP contribution in [0.1, 0.15) is 48.5 Å². The van der Waals surface area contributed by atoms with Crippen molar-refractivity contribution in [3.05, 3.63) is 59.3 Å². The van der Waals surface area contributed by atoms with Crippen molar-refractivity contribution in [1.29, 1.82) is 5.26 Å². The van der Waals surface area contributed by atoms with Gasteiger partial charge in [0.1, 0.15) is 12.0 Å². The summed E-state index contributed by atoms with van der Waals surface area (Å²) in [6, 6.07) is 9.13. The van der Waals surface area contributed by atoms with Crippen molar-refractivity contribution in [2.24, 2.45) is 28.8 Å². The van der Waals surface area contributed by atoms with Gasteiger partial charge in [0.15, 0.2) is 0 Å². The summed E-state index contributed by atoms with van der Waals surface area (Å²) in [7, 11) is 0. The molecule has 3 aromatic rings. The first kappa shape index (κ1) is 21.2. The highest BCUT2D eigenvalue weighted by atomic mass is 19.1. The van der Waals surface area contributed by atoms with E-state index in [2.05, 4.69) is 27.8 Å². The fourth-order valence-corrected chi connectivity index (χ4v) is 6.27. The molecule has 2 bridgehead atoms. The molecule has 3 saturated carbocycles. The summed E-state index contributed by atoms with van der Waals surface area (Å²) in [5.41, 5.74) is 3.37. The van der Waals surface area contributed by atoms with Crippen molar-refractivity contribution in [3.63, 3.8) is 0 Å². The fourth-order valence-electron chi connectivity index (χ4n) is 6.27. The van der Waals surface area contributed by atoms with Gasteiger partial charge in [-0.3, -0.25) is 14.7 Å². The van der Waals surface area contributed by atoms with Crippen LogP contribution in [-0.4, -0.2) is 37.3 Å². The van der Waals surface area contributed by atoms with Gasteiger partial charge in [-0.25, -0.2) is 4.39 Å². The summed E-state index contributed by atoms with van der Waals surface area (Å²) in [6.45, 7) is 2.87. The number of rotatable bonds is 5. The zero-order chi connectivity index (χ0) is 23.4. The van der Waals surface area contributed by atoms with E-state index in [0.717, 1.165) is 48.0 Å². The standard InChI is InChI=1S/C26H27FN6O/c1-15-22-6-16(11-28)2-3-24(22)31-32(15)14-20-10-23(18-7-17(20)8-18)26(34)33-25(4-5-30-33)19-9-21(27)13-29-12-19/h2-3,5-6,9,12-13,17-18,20,23,25-26,34H,4,7-8,10,14H2,1H3. The zero-order valence-electron chi connectivity index (χ0n) is 19.0. The highest BCUT2D eigenvalue weighted by Crippen LogP contribution is 2.54. The molecule has 3 aliphatic carbocycles. The molecule has 3 heterocycles. The molecule has 1 aliphatic heterocycles. The van der Waals surface area contributed by atoms with Crippen molar-refractivity contribution in [3.8, 4) is 6.07 Å². The SMILES string of the molecule is Cc1c2cc(C#N)ccc2nn1CC1CC(C(O)N2N=CCC2c2cncc(F)c2)C2CC1C2. The summed E-state index contributed by atoms with van der Waals surface area (Å²) in [5.74, 6) is 1.32. The number of fused-ring (bicyclic) bond motifs is 3. The van der Waals surface area contributed by atoms with Crippen LogP contribution in [0.5, 0.6) is 0 Å². The van der Waals surface area contributed by atoms with E-state index in [4.69, 9.17) is 5.10 Å². The maximum atomic E-state index is 13.8. The molecule has 0 radical (unpaired) electrons. The van der Waals surface area contributed by atoms with Gasteiger partial charge in [-0.05, 0) is 73.8 Å². The number of aliphatic hydroxyl groups is 1. The van der Waals surface area contributed by atoms with Crippen LogP contribution in [0.4, 0.5) is 4.39 Å². The molecule has 8 heteroatoms. The van der Waals surface area contributed by atoms with E-state index >= 15 is 0 Å². The van der Waals surface area contributed by atoms with Gasteiger partial charge in [0.2, 0.25) is 0 Å². The Morgan fingerprint density at radius 3 is 2.85 bits per heavy atom. The smallest absolute Gasteiger partial charge is 0.146 e. The van der Waals surface area contributed by atoms with Crippen LogP contribution >= 0.6 is 0 Å². The fraction of sp³-hybridized carbons (Fsp3) is 0.462. The van der Waals surface area contributed by atoms with Crippen LogP contribution in [0.3, 0.4) is 0 Å². The van der Waals surface area contributed by atoms with Crippen LogP contribution in [0.25, 0.3) is 10.9 Å². The minimum Gasteiger partial charge on any atom is -0.372 e. The first-order valence-electron chi connectivity index (χ1n) is 12.0. The Bertz CT molecular complexity index is 1310. The monoisotopic (exact) mass is 458 g/mol. The quantitative estimate of drug-likeness (QED) is 0.620. The lowest BCUT2D eigenvalue weighted by Crippen LogP contribution is -2.51. The third kappa shape index (κ3) is 3.46. The number of pyridine rings is 1. The molecule has 4 unspecified atom stereocenters. The number of benzene rings is 1. The summed E-state index contributed by atoms with van der Waals surface area (Å²) in [5, 5.41) is 32.7. The molecule has 4 atom stereocenters. The highest BCUT2D eigenvalue weighted by Gasteiger charge is 2.50. The molecular weight excluding hydrogens is 431 g/mol. The van der Waals surface area contributed by atoms with Crippen LogP contribution in [-0.2, 0) is 6.54 Å². The van der Waals surface area contributed by atoms with E-state index in [9.17, 15) is 14.8 Å². The predicted octanol–water partition coefficient (Wildman–Crippen LogP) is 4.16. The average Bonchev–Trinajstić information content (AvgIpc) is 3.43. The first-order chi connectivity index (χ1) is 16.5. The first-order valence-corrected chi connectivity index (χ1v) is 12.0. The number of nitrogens with zero attached hydrogens (tertiary/aromatic N) is 6. The molecule has 7 rings (SSSR count). The summed E-state index contributed by atoms with van der Waals surface area (Å²) >= 11 is 0. The summed E-state index contributed by atoms with van der Waals surface area (Å²) in [6.07, 6.45) is 7.73. The highest BCUT2D eigenvalue weighted by molar-refractivity contribution is 5.82. The third-order valence-corrected chi connectivity index (χ3v) is 8.22. The van der Waals surface area contributed by atoms with Crippen LogP contribution in [0.2, 0.25) is 0 Å². The summed E-state index contributed by atoms with van der Waals surface area (Å²) < 4.78 is 15.9. The second-order valence-corrected chi connectivity index (χ2v) is 10.0. The van der Waals surface area contributed by atoms with Gasteiger partial charge < -0.3 is 5.11 Å². The lowest BCUT2D eigenvalue weighted by Gasteiger charge is -2.53. The van der Waals surface area contributed by atoms with Crippen molar-refractivity contribution < 1.29 is 9.50 Å². The van der Waals surface area contributed by atoms with Gasteiger partial charge in [0, 0.05) is 42.4 Å². The van der Waals surface area contributed by atoms with Gasteiger partial charge in [0.25, 0.3) is 0 Å². The van der Waals surface area contributed by atoms with E-state index in [0.29, 0.717) is 29.7 Å². The van der Waals surface area contributed by atoms with Crippen molar-refractivity contribution in [2.45, 2.75) is 51.4 Å². The lowest BCUT2D eigenvalue weighted by molar-refractivity contribution is -0.134. The number of halogens is 1. The number of aryl methyl sites for hydroxylation is 1. The van der Waals surface area contributed by atoms with Gasteiger partial charge in [0.05, 0.1) is 29.4 Å². The normalized spacial score (nSPS) is 28.6. The number of hydrogen-bond donors (Lipinski definition) is 1. The molecule has 4 aliphatic rings. The van der Waals surface area contributed by atoms with Crippen molar-refractivity contribution in [1.82, 2.24) is 19.8 Å². The molecule has 0 spiro atoms. The second-order valence-electron chi connectivity index (χ2n) is 10.0. The molecule has 174 valence electrons. The molecular formula is C26H27FN6O. The van der Waals surface area contributed by atoms with Gasteiger partial charge >= 0.3 is 0 Å². The van der Waals surface area contributed by atoms with E-state index in [1.165, 1.54) is 12.3 Å². The predicted molar refractivity (Wildman–Crippen MR) is 125 cm³/mol. The molecule has 1 aromatic carbocycles. The minimum absolute atomic E-state index is 0.116. The Hall–Kier alpha value is -3.31. The van der Waals surface area contributed by atoms with Gasteiger partial charge in [-0.15, -0.1) is 0 Å². The molecule has 3 fully saturated rings. The minimum atomic E-state index is -0.711. The average molecular weight is 459 g/mol. The lowest BCUT2D eigenvalue weighted by atomic mass is 9.55. The zero-order valence-corrected chi connectivity index (χ0v) is 19.0. The van der Waals surface area contributed by atoms with Crippen LogP contribution in [0.15, 0.2) is 41.8 Å². The maximum absolute atomic E-state index is 13.8. The Morgan fingerprint density at radius 1 is 1.21 bits per heavy atom. The topological polar surface area (TPSA) is 90.3 Å². The van der Waals surface area contributed by atoms with Crippen molar-refractivity contribution in [2.75, 3.05) is 0 Å². The van der Waals surface area contributed by atoms with Crippen LogP contribution < -0.4 is 0 Å². The number of aromatic nitrogens is 3. The molecule has 7 nitrogen and oxygen atoms in total. The van der Waals surface area contributed by atoms with Crippen molar-refractivity contribution >= 4 is 17.1 Å². The Kier molecular flexibility index (Phi) is 5.10. The van der Waals surface area contributed by atoms with Crippen LogP contribution in [0, 0.1) is 47.7 Å². The number of aliphatic hydroxyl groups excluding tert-OH is 1. The van der Waals surface area contributed by atoms with E-state index in [-0.39, 0.29) is 17.8 Å². The molecule has 1 N–H and O–H groups in total. The molecule has 0 saturated heterocycles. The molecule has 34 heavy (non-hydrogen) atoms. The second kappa shape index (κ2) is 8.17. The van der Waals surface area contributed by atoms with E-state index < -0.39 is 6.23 Å². The Balaban J connectivity index is 1.21. The molecule has 2 aromatic heterocycles. The molecule has 0 amide bonds. The summed E-state index contributed by atoms with van der Waals surface area (Å²) in [4.78, 5) is 3.99. The van der Waals surface area contributed by atoms with Gasteiger partial charge in [-0.1, -0.05) is 0 Å². The Labute approximate surface area is 197 Å². The van der Waals surface area contributed by atoms with E-state index in [1.807, 2.05) is 18.2 Å².